The Bertz CT molecular complexity index is 127. The minimum Gasteiger partial charge on any atom is -0.298 e. The Hall–Kier alpha value is -1.05. The summed E-state index contributed by atoms with van der Waals surface area (Å²) >= 11 is 0. The van der Waals surface area contributed by atoms with Crippen molar-refractivity contribution in [3.05, 3.63) is 0 Å². The quantitative estimate of drug-likeness (QED) is 0.138. The fourth-order valence-corrected chi connectivity index (χ4v) is 0.299. The third kappa shape index (κ3) is 4.81. The van der Waals surface area contributed by atoms with E-state index in [0.717, 1.165) is 0 Å². The van der Waals surface area contributed by atoms with E-state index < -0.39 is 0 Å². The van der Waals surface area contributed by atoms with E-state index in [2.05, 4.69) is 11.2 Å². The van der Waals surface area contributed by atoms with E-state index in [4.69, 9.17) is 12.3 Å². The number of rotatable bonds is 3. The lowest BCUT2D eigenvalue weighted by molar-refractivity contribution is -0.120. The Balaban J connectivity index is 3.09. The van der Waals surface area contributed by atoms with Crippen LogP contribution in [0.1, 0.15) is 0 Å². The molecular formula is C5H9N3O. The molecule has 50 valence electrons. The number of terminal acetylenes is 1. The molecule has 4 heteroatoms. The summed E-state index contributed by atoms with van der Waals surface area (Å²) < 4.78 is 0. The monoisotopic (exact) mass is 127 g/mol. The fourth-order valence-electron chi connectivity index (χ4n) is 0.299. The van der Waals surface area contributed by atoms with Crippen molar-refractivity contribution in [2.45, 2.75) is 0 Å². The summed E-state index contributed by atoms with van der Waals surface area (Å²) in [7, 11) is 0. The van der Waals surface area contributed by atoms with Gasteiger partial charge in [0.15, 0.2) is 0 Å². The molecule has 0 bridgehead atoms. The zero-order valence-corrected chi connectivity index (χ0v) is 4.98. The first-order valence-corrected chi connectivity index (χ1v) is 2.45. The van der Waals surface area contributed by atoms with Gasteiger partial charge in [0.25, 0.3) is 0 Å². The minimum absolute atomic E-state index is 0.167. The van der Waals surface area contributed by atoms with E-state index >= 15 is 0 Å². The lowest BCUT2D eigenvalue weighted by Crippen LogP contribution is -2.38. The van der Waals surface area contributed by atoms with Gasteiger partial charge in [-0.2, -0.15) is 0 Å². The van der Waals surface area contributed by atoms with Crippen molar-refractivity contribution in [1.29, 1.82) is 0 Å². The average Bonchev–Trinajstić information content (AvgIpc) is 1.89. The van der Waals surface area contributed by atoms with Gasteiger partial charge < -0.3 is 0 Å². The van der Waals surface area contributed by atoms with Gasteiger partial charge in [-0.05, 0) is 0 Å². The highest BCUT2D eigenvalue weighted by Gasteiger charge is 1.92. The van der Waals surface area contributed by atoms with Crippen LogP contribution in [0.25, 0.3) is 0 Å². The van der Waals surface area contributed by atoms with Gasteiger partial charge in [0.2, 0.25) is 5.91 Å². The number of nitrogens with two attached hydrogens (primary N) is 1. The molecule has 0 aromatic carbocycles. The number of hydrazine groups is 1. The zero-order valence-electron chi connectivity index (χ0n) is 4.98. The lowest BCUT2D eigenvalue weighted by atomic mass is 10.5. The molecule has 0 rings (SSSR count). The number of hydrogen-bond donors (Lipinski definition) is 3. The summed E-state index contributed by atoms with van der Waals surface area (Å²) in [5.74, 6) is 6.81. The molecule has 0 aliphatic heterocycles. The molecule has 1 amide bonds. The van der Waals surface area contributed by atoms with Crippen LogP contribution in [0.2, 0.25) is 0 Å². The molecule has 0 heterocycles. The molecule has 0 aliphatic carbocycles. The predicted octanol–water partition coefficient (Wildman–Crippen LogP) is -1.80. The molecule has 0 saturated heterocycles. The first kappa shape index (κ1) is 7.95. The molecule has 0 aliphatic rings. The SMILES string of the molecule is C#CCNCC(=O)NN. The van der Waals surface area contributed by atoms with Crippen molar-refractivity contribution in [1.82, 2.24) is 10.7 Å². The van der Waals surface area contributed by atoms with Crippen LogP contribution in [0.15, 0.2) is 0 Å². The van der Waals surface area contributed by atoms with Gasteiger partial charge in [0, 0.05) is 0 Å². The topological polar surface area (TPSA) is 67.2 Å². The van der Waals surface area contributed by atoms with Crippen molar-refractivity contribution in [2.24, 2.45) is 5.84 Å². The molecule has 0 unspecified atom stereocenters. The van der Waals surface area contributed by atoms with Crippen molar-refractivity contribution in [2.75, 3.05) is 13.1 Å². The summed E-state index contributed by atoms with van der Waals surface area (Å²) in [6.45, 7) is 0.550. The molecule has 0 spiro atoms. The fraction of sp³-hybridized carbons (Fsp3) is 0.400. The maximum absolute atomic E-state index is 10.3. The maximum atomic E-state index is 10.3. The highest BCUT2D eigenvalue weighted by Crippen LogP contribution is 1.56. The normalized spacial score (nSPS) is 8.00. The standard InChI is InChI=1S/C5H9N3O/c1-2-3-7-4-5(9)8-6/h1,7H,3-4,6H2,(H,8,9). The molecule has 0 aromatic heterocycles. The molecule has 4 N–H and O–H groups in total. The van der Waals surface area contributed by atoms with E-state index in [9.17, 15) is 4.79 Å². The van der Waals surface area contributed by atoms with Gasteiger partial charge in [-0.25, -0.2) is 5.84 Å². The highest BCUT2D eigenvalue weighted by atomic mass is 16.2. The third-order valence-electron chi connectivity index (χ3n) is 0.674. The number of nitrogens with one attached hydrogen (secondary N) is 2. The second-order valence-electron chi connectivity index (χ2n) is 1.38. The summed E-state index contributed by atoms with van der Waals surface area (Å²) in [6, 6.07) is 0. The van der Waals surface area contributed by atoms with Crippen LogP contribution in [0.5, 0.6) is 0 Å². The average molecular weight is 127 g/mol. The first-order chi connectivity index (χ1) is 4.31. The lowest BCUT2D eigenvalue weighted by Gasteiger charge is -1.96. The van der Waals surface area contributed by atoms with E-state index in [1.165, 1.54) is 0 Å². The molecule has 0 radical (unpaired) electrons. The minimum atomic E-state index is -0.273. The largest absolute Gasteiger partial charge is 0.298 e. The van der Waals surface area contributed by atoms with Gasteiger partial charge in [-0.1, -0.05) is 5.92 Å². The second-order valence-corrected chi connectivity index (χ2v) is 1.38. The summed E-state index contributed by atoms with van der Waals surface area (Å²) in [5, 5.41) is 2.66. The van der Waals surface area contributed by atoms with Crippen LogP contribution in [-0.4, -0.2) is 19.0 Å². The predicted molar refractivity (Wildman–Crippen MR) is 34.0 cm³/mol. The Labute approximate surface area is 53.8 Å². The Kier molecular flexibility index (Phi) is 4.50. The van der Waals surface area contributed by atoms with Gasteiger partial charge >= 0.3 is 0 Å². The van der Waals surface area contributed by atoms with Crippen molar-refractivity contribution >= 4 is 5.91 Å². The Morgan fingerprint density at radius 1 is 1.78 bits per heavy atom. The van der Waals surface area contributed by atoms with Gasteiger partial charge in [0.05, 0.1) is 13.1 Å². The van der Waals surface area contributed by atoms with Crippen molar-refractivity contribution < 1.29 is 4.79 Å². The van der Waals surface area contributed by atoms with E-state index in [1.807, 2.05) is 5.43 Å². The van der Waals surface area contributed by atoms with Gasteiger partial charge in [-0.3, -0.25) is 15.5 Å². The molecule has 0 atom stereocenters. The summed E-state index contributed by atoms with van der Waals surface area (Å²) in [6.07, 6.45) is 4.88. The smallest absolute Gasteiger partial charge is 0.247 e. The van der Waals surface area contributed by atoms with Crippen LogP contribution in [0, 0.1) is 12.3 Å². The number of hydrogen-bond acceptors (Lipinski definition) is 3. The van der Waals surface area contributed by atoms with Crippen LogP contribution < -0.4 is 16.6 Å². The molecule has 4 nitrogen and oxygen atoms in total. The van der Waals surface area contributed by atoms with Gasteiger partial charge in [-0.15, -0.1) is 6.42 Å². The number of carbonyl (C=O) groups is 1. The zero-order chi connectivity index (χ0) is 7.11. The highest BCUT2D eigenvalue weighted by molar-refractivity contribution is 5.77. The van der Waals surface area contributed by atoms with E-state index in [1.54, 1.807) is 0 Å². The molecule has 0 fully saturated rings. The van der Waals surface area contributed by atoms with Crippen molar-refractivity contribution in [3.63, 3.8) is 0 Å². The van der Waals surface area contributed by atoms with E-state index in [0.29, 0.717) is 6.54 Å². The van der Waals surface area contributed by atoms with Crippen LogP contribution in [-0.2, 0) is 4.79 Å². The second kappa shape index (κ2) is 5.09. The van der Waals surface area contributed by atoms with Gasteiger partial charge in [0.1, 0.15) is 0 Å². The number of amides is 1. The van der Waals surface area contributed by atoms with Crippen LogP contribution in [0.3, 0.4) is 0 Å². The Morgan fingerprint density at radius 3 is 2.89 bits per heavy atom. The summed E-state index contributed by atoms with van der Waals surface area (Å²) in [5.41, 5.74) is 1.95. The van der Waals surface area contributed by atoms with E-state index in [-0.39, 0.29) is 12.5 Å². The third-order valence-corrected chi connectivity index (χ3v) is 0.674. The van der Waals surface area contributed by atoms with Crippen LogP contribution in [0.4, 0.5) is 0 Å². The molecule has 0 aromatic rings. The molecular weight excluding hydrogens is 118 g/mol. The molecule has 0 saturated carbocycles. The first-order valence-electron chi connectivity index (χ1n) is 2.45. The maximum Gasteiger partial charge on any atom is 0.247 e. The molecule has 9 heavy (non-hydrogen) atoms. The van der Waals surface area contributed by atoms with Crippen LogP contribution >= 0.6 is 0 Å². The van der Waals surface area contributed by atoms with Crippen molar-refractivity contribution in [3.8, 4) is 12.3 Å². The summed E-state index contributed by atoms with van der Waals surface area (Å²) in [4.78, 5) is 10.3. The Morgan fingerprint density at radius 2 is 2.44 bits per heavy atom. The number of carbonyl (C=O) groups excluding carboxylic acids is 1.